The minimum absolute atomic E-state index is 0.110. The van der Waals surface area contributed by atoms with Crippen LogP contribution >= 0.6 is 0 Å². The van der Waals surface area contributed by atoms with Gasteiger partial charge >= 0.3 is 0 Å². The van der Waals surface area contributed by atoms with Gasteiger partial charge in [0.05, 0.1) is 0 Å². The molecule has 0 saturated heterocycles. The van der Waals surface area contributed by atoms with E-state index in [9.17, 15) is 30.6 Å². The van der Waals surface area contributed by atoms with Crippen molar-refractivity contribution in [1.29, 1.82) is 0 Å². The summed E-state index contributed by atoms with van der Waals surface area (Å²) in [4.78, 5) is 0. The van der Waals surface area contributed by atoms with Crippen molar-refractivity contribution < 1.29 is 30.6 Å². The molecule has 0 aliphatic heterocycles. The number of hydrogen-bond donors (Lipinski definition) is 6. The van der Waals surface area contributed by atoms with Gasteiger partial charge in [-0.15, -0.1) is 0 Å². The second-order valence-electron chi connectivity index (χ2n) is 12.3. The van der Waals surface area contributed by atoms with Crippen LogP contribution in [0, 0.1) is 0 Å². The van der Waals surface area contributed by atoms with Crippen LogP contribution in [0.4, 0.5) is 0 Å². The van der Waals surface area contributed by atoms with E-state index in [4.69, 9.17) is 0 Å². The first-order valence-electron chi connectivity index (χ1n) is 15.3. The minimum atomic E-state index is -0.945. The highest BCUT2D eigenvalue weighted by molar-refractivity contribution is 5.55. The molecule has 0 radical (unpaired) electrons. The molecule has 0 amide bonds. The Labute approximate surface area is 273 Å². The Morgan fingerprint density at radius 1 is 0.362 bits per heavy atom. The van der Waals surface area contributed by atoms with Crippen LogP contribution in [-0.4, -0.2) is 30.6 Å². The number of benzene rings is 6. The summed E-state index contributed by atoms with van der Waals surface area (Å²) in [6.45, 7) is 2.13. The van der Waals surface area contributed by atoms with Crippen molar-refractivity contribution in [1.82, 2.24) is 0 Å². The molecule has 0 spiro atoms. The first-order valence-corrected chi connectivity index (χ1v) is 15.3. The molecule has 47 heavy (non-hydrogen) atoms. The molecule has 0 atom stereocenters. The van der Waals surface area contributed by atoms with Crippen LogP contribution in [0.3, 0.4) is 0 Å². The van der Waals surface area contributed by atoms with Crippen molar-refractivity contribution in [2.45, 2.75) is 30.1 Å². The van der Waals surface area contributed by atoms with Gasteiger partial charge in [0.25, 0.3) is 0 Å². The fourth-order valence-corrected chi connectivity index (χ4v) is 7.01. The highest BCUT2D eigenvalue weighted by atomic mass is 16.3. The van der Waals surface area contributed by atoms with E-state index in [2.05, 4.69) is 6.92 Å². The van der Waals surface area contributed by atoms with E-state index in [0.29, 0.717) is 6.42 Å². The van der Waals surface area contributed by atoms with Gasteiger partial charge in [0.2, 0.25) is 0 Å². The van der Waals surface area contributed by atoms with Crippen molar-refractivity contribution in [3.63, 3.8) is 0 Å². The lowest BCUT2D eigenvalue weighted by molar-refractivity contribution is 0.335. The normalized spacial score (nSPS) is 11.9. The highest BCUT2D eigenvalue weighted by Crippen LogP contribution is 2.56. The molecular weight excluding hydrogens is 588 g/mol. The third-order valence-corrected chi connectivity index (χ3v) is 9.35. The van der Waals surface area contributed by atoms with Gasteiger partial charge < -0.3 is 30.6 Å². The third kappa shape index (κ3) is 6.06. The van der Waals surface area contributed by atoms with Crippen LogP contribution in [0.1, 0.15) is 52.6 Å². The number of hydrogen-bond acceptors (Lipinski definition) is 6. The molecule has 6 aromatic carbocycles. The molecule has 0 fully saturated rings. The SMILES string of the molecule is CC(CC(c1ccc(O)cc1)(c1ccc(O)cc1)C(c1ccc(O)cc1)c1ccc(O)cc1)(c1ccc(O)cc1)c1ccc(O)cc1. The molecule has 0 unspecified atom stereocenters. The Kier molecular flexibility index (Phi) is 8.27. The van der Waals surface area contributed by atoms with Crippen molar-refractivity contribution in [2.75, 3.05) is 0 Å². The standard InChI is InChI=1S/C41H36O6/c1-40(29-6-18-35(44)19-7-29,30-8-20-36(45)21-9-30)26-41(31-10-22-37(46)23-11-31,32-12-24-38(47)25-13-32)39(27-2-14-33(42)15-3-27)28-4-16-34(43)17-5-28/h2-25,39,42-47H,26H2,1H3. The van der Waals surface area contributed by atoms with Crippen molar-refractivity contribution in [3.8, 4) is 34.5 Å². The third-order valence-electron chi connectivity index (χ3n) is 9.35. The van der Waals surface area contributed by atoms with Crippen LogP contribution in [0.15, 0.2) is 146 Å². The lowest BCUT2D eigenvalue weighted by Crippen LogP contribution is -2.43. The number of aromatic hydroxyl groups is 6. The van der Waals surface area contributed by atoms with Gasteiger partial charge in [-0.1, -0.05) is 79.7 Å². The lowest BCUT2D eigenvalue weighted by Gasteiger charge is -2.48. The molecule has 0 heterocycles. The molecule has 0 aliphatic carbocycles. The fraction of sp³-hybridized carbons (Fsp3) is 0.122. The summed E-state index contributed by atoms with van der Waals surface area (Å²) >= 11 is 0. The Morgan fingerprint density at radius 3 is 0.872 bits per heavy atom. The number of phenols is 6. The molecule has 6 N–H and O–H groups in total. The van der Waals surface area contributed by atoms with E-state index >= 15 is 0 Å². The smallest absolute Gasteiger partial charge is 0.115 e. The maximum atomic E-state index is 10.5. The summed E-state index contributed by atoms with van der Waals surface area (Å²) in [5.41, 5.74) is 3.63. The van der Waals surface area contributed by atoms with Crippen LogP contribution in [0.2, 0.25) is 0 Å². The summed E-state index contributed by atoms with van der Waals surface area (Å²) < 4.78 is 0. The molecule has 236 valence electrons. The first kappa shape index (κ1) is 31.1. The monoisotopic (exact) mass is 624 g/mol. The summed E-state index contributed by atoms with van der Waals surface area (Å²) in [7, 11) is 0. The molecule has 6 aromatic rings. The van der Waals surface area contributed by atoms with E-state index in [-0.39, 0.29) is 34.5 Å². The van der Waals surface area contributed by atoms with Crippen molar-refractivity contribution >= 4 is 0 Å². The zero-order valence-electron chi connectivity index (χ0n) is 25.8. The number of rotatable bonds is 9. The summed E-state index contributed by atoms with van der Waals surface area (Å²) in [6, 6.07) is 42.7. The maximum Gasteiger partial charge on any atom is 0.115 e. The van der Waals surface area contributed by atoms with Crippen molar-refractivity contribution in [2.24, 2.45) is 0 Å². The second kappa shape index (κ2) is 12.5. The lowest BCUT2D eigenvalue weighted by atomic mass is 9.54. The summed E-state index contributed by atoms with van der Waals surface area (Å²) in [6.07, 6.45) is 0.414. The van der Waals surface area contributed by atoms with Gasteiger partial charge in [-0.3, -0.25) is 0 Å². The van der Waals surface area contributed by atoms with E-state index in [1.54, 1.807) is 72.8 Å². The largest absolute Gasteiger partial charge is 0.508 e. The highest BCUT2D eigenvalue weighted by Gasteiger charge is 2.49. The zero-order chi connectivity index (χ0) is 33.2. The fourth-order valence-electron chi connectivity index (χ4n) is 7.01. The zero-order valence-corrected chi connectivity index (χ0v) is 25.8. The Bertz CT molecular complexity index is 1790. The summed E-state index contributed by atoms with van der Waals surface area (Å²) in [5.74, 6) is 0.295. The molecule has 6 nitrogen and oxygen atoms in total. The van der Waals surface area contributed by atoms with Crippen molar-refractivity contribution in [3.05, 3.63) is 179 Å². The van der Waals surface area contributed by atoms with E-state index in [1.807, 2.05) is 72.8 Å². The summed E-state index contributed by atoms with van der Waals surface area (Å²) in [5, 5.41) is 62.2. The van der Waals surface area contributed by atoms with Crippen LogP contribution < -0.4 is 0 Å². The molecule has 0 bridgehead atoms. The van der Waals surface area contributed by atoms with Crippen LogP contribution in [0.25, 0.3) is 0 Å². The van der Waals surface area contributed by atoms with Crippen LogP contribution in [0.5, 0.6) is 34.5 Å². The van der Waals surface area contributed by atoms with Gasteiger partial charge in [-0.05, 0) is 113 Å². The molecule has 6 heteroatoms. The Hall–Kier alpha value is -5.88. The molecule has 0 aromatic heterocycles. The Morgan fingerprint density at radius 2 is 0.596 bits per heavy atom. The van der Waals surface area contributed by atoms with Gasteiger partial charge in [0.15, 0.2) is 0 Å². The van der Waals surface area contributed by atoms with E-state index < -0.39 is 16.7 Å². The van der Waals surface area contributed by atoms with Gasteiger partial charge in [-0.2, -0.15) is 0 Å². The van der Waals surface area contributed by atoms with Gasteiger partial charge in [-0.25, -0.2) is 0 Å². The first-order chi connectivity index (χ1) is 22.6. The predicted molar refractivity (Wildman–Crippen MR) is 182 cm³/mol. The Balaban J connectivity index is 1.76. The average molecular weight is 625 g/mol. The van der Waals surface area contributed by atoms with E-state index in [1.165, 1.54) is 0 Å². The second-order valence-corrected chi connectivity index (χ2v) is 12.3. The van der Waals surface area contributed by atoms with Crippen LogP contribution in [-0.2, 0) is 10.8 Å². The quantitative estimate of drug-likeness (QED) is 0.0960. The topological polar surface area (TPSA) is 121 Å². The average Bonchev–Trinajstić information content (AvgIpc) is 3.07. The molecule has 0 saturated carbocycles. The molecule has 6 rings (SSSR count). The molecule has 0 aliphatic rings. The van der Waals surface area contributed by atoms with E-state index in [0.717, 1.165) is 33.4 Å². The maximum absolute atomic E-state index is 10.5. The predicted octanol–water partition coefficient (Wildman–Crippen LogP) is 8.43. The number of phenolic OH excluding ortho intramolecular Hbond substituents is 6. The van der Waals surface area contributed by atoms with Gasteiger partial charge in [0, 0.05) is 16.7 Å². The minimum Gasteiger partial charge on any atom is -0.508 e. The molecular formula is C41H36O6. The van der Waals surface area contributed by atoms with Gasteiger partial charge in [0.1, 0.15) is 34.5 Å².